The summed E-state index contributed by atoms with van der Waals surface area (Å²) in [6.07, 6.45) is 3.87. The summed E-state index contributed by atoms with van der Waals surface area (Å²) in [5.41, 5.74) is 3.40. The van der Waals surface area contributed by atoms with Crippen molar-refractivity contribution in [3.8, 4) is 0 Å². The number of fused-ring (bicyclic) bond motifs is 1. The summed E-state index contributed by atoms with van der Waals surface area (Å²) in [7, 11) is -3.49. The SMILES string of the molecule is O=C(Cc1ccc(Nc2nc(N3CC(c4ccc(Cl)cc4)C3)nc3c2S(=O)(=O)CCC3)cc1)NCC1CC1. The molecule has 0 atom stereocenters. The summed E-state index contributed by atoms with van der Waals surface area (Å²) >= 11 is 6.03. The van der Waals surface area contributed by atoms with Gasteiger partial charge in [0.05, 0.1) is 17.9 Å². The molecule has 0 bridgehead atoms. The topological polar surface area (TPSA) is 104 Å². The van der Waals surface area contributed by atoms with Gasteiger partial charge in [0.15, 0.2) is 15.7 Å². The number of nitrogens with zero attached hydrogens (tertiary/aromatic N) is 3. The molecule has 1 saturated carbocycles. The number of aromatic nitrogens is 2. The van der Waals surface area contributed by atoms with Crippen molar-refractivity contribution in [3.05, 3.63) is 70.4 Å². The molecule has 3 heterocycles. The first-order valence-corrected chi connectivity index (χ1v) is 15.1. The van der Waals surface area contributed by atoms with E-state index in [0.29, 0.717) is 59.3 Å². The van der Waals surface area contributed by atoms with Gasteiger partial charge in [-0.25, -0.2) is 13.4 Å². The van der Waals surface area contributed by atoms with Crippen molar-refractivity contribution in [1.29, 1.82) is 0 Å². The molecule has 2 aliphatic heterocycles. The third-order valence-electron chi connectivity index (χ3n) is 7.43. The summed E-state index contributed by atoms with van der Waals surface area (Å²) in [4.78, 5) is 23.9. The van der Waals surface area contributed by atoms with Crippen LogP contribution in [0.5, 0.6) is 0 Å². The monoisotopic (exact) mass is 551 g/mol. The number of hydrogen-bond acceptors (Lipinski definition) is 7. The quantitative estimate of drug-likeness (QED) is 0.431. The number of hydrogen-bond donors (Lipinski definition) is 2. The molecule has 1 saturated heterocycles. The second-order valence-corrected chi connectivity index (χ2v) is 13.0. The van der Waals surface area contributed by atoms with E-state index in [1.54, 1.807) is 0 Å². The van der Waals surface area contributed by atoms with Gasteiger partial charge in [-0.05, 0) is 67.0 Å². The molecule has 1 aliphatic carbocycles. The Kier molecular flexibility index (Phi) is 6.74. The van der Waals surface area contributed by atoms with Gasteiger partial charge in [0.25, 0.3) is 0 Å². The van der Waals surface area contributed by atoms with Gasteiger partial charge in [-0.1, -0.05) is 35.9 Å². The first-order valence-electron chi connectivity index (χ1n) is 13.1. The number of halogens is 1. The summed E-state index contributed by atoms with van der Waals surface area (Å²) in [6, 6.07) is 15.3. The summed E-state index contributed by atoms with van der Waals surface area (Å²) in [5.74, 6) is 1.96. The van der Waals surface area contributed by atoms with E-state index in [-0.39, 0.29) is 16.6 Å². The van der Waals surface area contributed by atoms with Gasteiger partial charge in [0, 0.05) is 36.3 Å². The van der Waals surface area contributed by atoms with Crippen molar-refractivity contribution in [1.82, 2.24) is 15.3 Å². The predicted octanol–water partition coefficient (Wildman–Crippen LogP) is 4.27. The summed E-state index contributed by atoms with van der Waals surface area (Å²) in [6.45, 7) is 2.26. The average molecular weight is 552 g/mol. The van der Waals surface area contributed by atoms with E-state index >= 15 is 0 Å². The van der Waals surface area contributed by atoms with Gasteiger partial charge >= 0.3 is 0 Å². The summed E-state index contributed by atoms with van der Waals surface area (Å²) in [5, 5.41) is 6.94. The molecule has 2 aromatic carbocycles. The Labute approximate surface area is 227 Å². The molecule has 2 N–H and O–H groups in total. The van der Waals surface area contributed by atoms with Crippen LogP contribution >= 0.6 is 11.6 Å². The fourth-order valence-corrected chi connectivity index (χ4v) is 6.75. The predicted molar refractivity (Wildman–Crippen MR) is 148 cm³/mol. The number of aryl methyl sites for hydroxylation is 1. The maximum atomic E-state index is 13.0. The van der Waals surface area contributed by atoms with Crippen molar-refractivity contribution >= 4 is 44.8 Å². The molecule has 38 heavy (non-hydrogen) atoms. The van der Waals surface area contributed by atoms with Crippen LogP contribution in [0.1, 0.15) is 42.0 Å². The highest BCUT2D eigenvalue weighted by molar-refractivity contribution is 7.91. The van der Waals surface area contributed by atoms with Crippen molar-refractivity contribution in [2.75, 3.05) is 35.6 Å². The minimum atomic E-state index is -3.49. The Morgan fingerprint density at radius 1 is 1.03 bits per heavy atom. The largest absolute Gasteiger partial charge is 0.356 e. The van der Waals surface area contributed by atoms with Crippen LogP contribution < -0.4 is 15.5 Å². The zero-order chi connectivity index (χ0) is 26.3. The van der Waals surface area contributed by atoms with E-state index in [1.807, 2.05) is 48.5 Å². The minimum Gasteiger partial charge on any atom is -0.356 e. The van der Waals surface area contributed by atoms with Crippen molar-refractivity contribution in [2.24, 2.45) is 5.92 Å². The molecule has 8 nitrogen and oxygen atoms in total. The van der Waals surface area contributed by atoms with E-state index in [1.165, 1.54) is 18.4 Å². The normalized spacial score (nSPS) is 18.4. The van der Waals surface area contributed by atoms with Crippen molar-refractivity contribution in [3.63, 3.8) is 0 Å². The molecule has 6 rings (SSSR count). The Bertz CT molecular complexity index is 1450. The molecular formula is C28H30ClN5O3S. The third kappa shape index (κ3) is 5.49. The fourth-order valence-electron chi connectivity index (χ4n) is 5.00. The van der Waals surface area contributed by atoms with Gasteiger partial charge < -0.3 is 15.5 Å². The molecule has 198 valence electrons. The average Bonchev–Trinajstić information content (AvgIpc) is 3.68. The number of anilines is 3. The van der Waals surface area contributed by atoms with Gasteiger partial charge in [0.1, 0.15) is 4.90 Å². The second-order valence-electron chi connectivity index (χ2n) is 10.5. The standard InChI is InChI=1S/C28H30ClN5O3S/c29-22-9-7-20(8-10-22)21-16-34(17-21)28-32-24-2-1-13-38(36,37)26(24)27(33-28)31-23-11-5-18(6-12-23)14-25(35)30-15-19-3-4-19/h5-12,19,21H,1-4,13-17H2,(H,30,35)(H,31,32,33). The molecular weight excluding hydrogens is 522 g/mol. The molecule has 10 heteroatoms. The maximum absolute atomic E-state index is 13.0. The molecule has 3 aliphatic rings. The smallest absolute Gasteiger partial charge is 0.227 e. The Hall–Kier alpha value is -3.17. The number of nitrogens with one attached hydrogen (secondary N) is 2. The Morgan fingerprint density at radius 3 is 2.47 bits per heavy atom. The van der Waals surface area contributed by atoms with E-state index in [2.05, 4.69) is 20.5 Å². The number of rotatable bonds is 8. The van der Waals surface area contributed by atoms with Crippen LogP contribution in [0.2, 0.25) is 5.02 Å². The van der Waals surface area contributed by atoms with Gasteiger partial charge in [-0.15, -0.1) is 0 Å². The van der Waals surface area contributed by atoms with Crippen LogP contribution in [0.4, 0.5) is 17.5 Å². The molecule has 2 fully saturated rings. The molecule has 0 unspecified atom stereocenters. The van der Waals surface area contributed by atoms with Crippen LogP contribution in [-0.2, 0) is 27.5 Å². The highest BCUT2D eigenvalue weighted by Gasteiger charge is 2.34. The van der Waals surface area contributed by atoms with Gasteiger partial charge in [0.2, 0.25) is 11.9 Å². The van der Waals surface area contributed by atoms with Gasteiger partial charge in [-0.3, -0.25) is 4.79 Å². The Morgan fingerprint density at radius 2 is 1.76 bits per heavy atom. The lowest BCUT2D eigenvalue weighted by molar-refractivity contribution is -0.120. The van der Waals surface area contributed by atoms with E-state index in [4.69, 9.17) is 16.6 Å². The van der Waals surface area contributed by atoms with Gasteiger partial charge in [-0.2, -0.15) is 4.98 Å². The third-order valence-corrected chi connectivity index (χ3v) is 9.56. The van der Waals surface area contributed by atoms with Crippen LogP contribution in [0, 0.1) is 5.92 Å². The maximum Gasteiger partial charge on any atom is 0.227 e. The molecule has 0 spiro atoms. The molecule has 0 radical (unpaired) electrons. The van der Waals surface area contributed by atoms with E-state index in [9.17, 15) is 13.2 Å². The number of sulfone groups is 1. The van der Waals surface area contributed by atoms with E-state index < -0.39 is 9.84 Å². The van der Waals surface area contributed by atoms with Crippen LogP contribution in [0.15, 0.2) is 53.4 Å². The Balaban J connectivity index is 1.20. The molecule has 1 aromatic heterocycles. The molecule has 1 amide bonds. The number of carbonyl (C=O) groups excluding carboxylic acids is 1. The first-order chi connectivity index (χ1) is 18.3. The lowest BCUT2D eigenvalue weighted by atomic mass is 9.92. The molecule has 3 aromatic rings. The number of benzene rings is 2. The second kappa shape index (κ2) is 10.2. The van der Waals surface area contributed by atoms with Crippen LogP contribution in [-0.4, -0.2) is 49.7 Å². The lowest BCUT2D eigenvalue weighted by Gasteiger charge is -2.40. The van der Waals surface area contributed by atoms with E-state index in [0.717, 1.165) is 25.2 Å². The highest BCUT2D eigenvalue weighted by atomic mass is 35.5. The highest BCUT2D eigenvalue weighted by Crippen LogP contribution is 2.36. The van der Waals surface area contributed by atoms with Crippen molar-refractivity contribution < 1.29 is 13.2 Å². The van der Waals surface area contributed by atoms with Crippen LogP contribution in [0.25, 0.3) is 0 Å². The lowest BCUT2D eigenvalue weighted by Crippen LogP contribution is -2.46. The summed E-state index contributed by atoms with van der Waals surface area (Å²) < 4.78 is 26.0. The van der Waals surface area contributed by atoms with Crippen LogP contribution in [0.3, 0.4) is 0 Å². The first kappa shape index (κ1) is 25.1. The fraction of sp³-hybridized carbons (Fsp3) is 0.393. The zero-order valence-electron chi connectivity index (χ0n) is 21.0. The number of carbonyl (C=O) groups is 1. The number of amides is 1. The minimum absolute atomic E-state index is 0.0182. The zero-order valence-corrected chi connectivity index (χ0v) is 22.6. The van der Waals surface area contributed by atoms with Crippen molar-refractivity contribution in [2.45, 2.75) is 42.9 Å².